The van der Waals surface area contributed by atoms with Crippen LogP contribution in [0.3, 0.4) is 0 Å². The molecule has 0 aliphatic carbocycles. The zero-order chi connectivity index (χ0) is 21.4. The number of hydrogen-bond acceptors (Lipinski definition) is 4. The Morgan fingerprint density at radius 3 is 2.74 bits per heavy atom. The van der Waals surface area contributed by atoms with Gasteiger partial charge in [-0.3, -0.25) is 9.69 Å². The maximum absolute atomic E-state index is 11.6. The predicted molar refractivity (Wildman–Crippen MR) is 122 cm³/mol. The van der Waals surface area contributed by atoms with E-state index in [-0.39, 0.29) is 12.5 Å². The number of piperidine rings is 1. The van der Waals surface area contributed by atoms with Gasteiger partial charge in [-0.25, -0.2) is 4.98 Å². The van der Waals surface area contributed by atoms with Crippen LogP contribution in [0.25, 0.3) is 22.5 Å². The molecule has 0 unspecified atom stereocenters. The third kappa shape index (κ3) is 3.95. The first-order valence-electron chi connectivity index (χ1n) is 11.0. The van der Waals surface area contributed by atoms with Gasteiger partial charge in [0.2, 0.25) is 0 Å². The SMILES string of the molecule is Cc1cc(CN2CCCCC2)ccc1-c1ncn(C)c1-c1ccc2c(c1)OCC(=O)N2. The van der Waals surface area contributed by atoms with Crippen molar-refractivity contribution in [2.24, 2.45) is 7.05 Å². The molecule has 1 N–H and O–H groups in total. The van der Waals surface area contributed by atoms with E-state index in [1.54, 1.807) is 0 Å². The monoisotopic (exact) mass is 416 g/mol. The minimum Gasteiger partial charge on any atom is -0.482 e. The summed E-state index contributed by atoms with van der Waals surface area (Å²) < 4.78 is 7.67. The van der Waals surface area contributed by atoms with Crippen molar-refractivity contribution in [3.63, 3.8) is 0 Å². The summed E-state index contributed by atoms with van der Waals surface area (Å²) >= 11 is 0. The molecule has 0 bridgehead atoms. The molecule has 160 valence electrons. The van der Waals surface area contributed by atoms with Gasteiger partial charge in [0.1, 0.15) is 5.75 Å². The number of carbonyl (C=O) groups is 1. The fraction of sp³-hybridized carbons (Fsp3) is 0.360. The maximum Gasteiger partial charge on any atom is 0.262 e. The Hall–Kier alpha value is -3.12. The van der Waals surface area contributed by atoms with Gasteiger partial charge in [0, 0.05) is 24.7 Å². The Morgan fingerprint density at radius 1 is 1.10 bits per heavy atom. The van der Waals surface area contributed by atoms with Crippen LogP contribution in [-0.2, 0) is 18.4 Å². The first kappa shape index (κ1) is 19.8. The normalized spacial score (nSPS) is 16.5. The van der Waals surface area contributed by atoms with Crippen LogP contribution in [0.4, 0.5) is 5.69 Å². The van der Waals surface area contributed by atoms with Crippen molar-refractivity contribution in [3.05, 3.63) is 53.9 Å². The number of likely N-dealkylation sites (tertiary alicyclic amines) is 1. The molecule has 3 heterocycles. The van der Waals surface area contributed by atoms with Gasteiger partial charge >= 0.3 is 0 Å². The highest BCUT2D eigenvalue weighted by Crippen LogP contribution is 2.37. The summed E-state index contributed by atoms with van der Waals surface area (Å²) in [4.78, 5) is 18.9. The molecule has 6 heteroatoms. The van der Waals surface area contributed by atoms with E-state index in [0.29, 0.717) is 11.4 Å². The van der Waals surface area contributed by atoms with Crippen LogP contribution in [0, 0.1) is 6.92 Å². The Labute approximate surface area is 182 Å². The van der Waals surface area contributed by atoms with Crippen molar-refractivity contribution in [3.8, 4) is 28.3 Å². The lowest BCUT2D eigenvalue weighted by Crippen LogP contribution is -2.29. The van der Waals surface area contributed by atoms with E-state index in [1.807, 2.05) is 36.1 Å². The Morgan fingerprint density at radius 2 is 1.94 bits per heavy atom. The molecule has 0 saturated carbocycles. The zero-order valence-electron chi connectivity index (χ0n) is 18.1. The molecule has 1 saturated heterocycles. The van der Waals surface area contributed by atoms with E-state index in [0.717, 1.165) is 29.1 Å². The van der Waals surface area contributed by atoms with E-state index < -0.39 is 0 Å². The number of fused-ring (bicyclic) bond motifs is 1. The van der Waals surface area contributed by atoms with E-state index in [1.165, 1.54) is 43.5 Å². The number of carbonyl (C=O) groups excluding carboxylic acids is 1. The molecule has 0 radical (unpaired) electrons. The maximum atomic E-state index is 11.6. The smallest absolute Gasteiger partial charge is 0.262 e. The molecule has 6 nitrogen and oxygen atoms in total. The molecular weight excluding hydrogens is 388 g/mol. The predicted octanol–water partition coefficient (Wildman–Crippen LogP) is 4.38. The molecule has 2 aliphatic rings. The van der Waals surface area contributed by atoms with Crippen LogP contribution in [0.5, 0.6) is 5.75 Å². The van der Waals surface area contributed by atoms with Crippen molar-refractivity contribution in [2.75, 3.05) is 25.0 Å². The first-order valence-corrected chi connectivity index (χ1v) is 11.0. The van der Waals surface area contributed by atoms with Crippen molar-refractivity contribution in [2.45, 2.75) is 32.7 Å². The molecule has 1 amide bonds. The summed E-state index contributed by atoms with van der Waals surface area (Å²) in [5.74, 6) is 0.569. The number of amides is 1. The summed E-state index contributed by atoms with van der Waals surface area (Å²) in [6.07, 6.45) is 5.83. The number of imidazole rings is 1. The number of nitrogens with zero attached hydrogens (tertiary/aromatic N) is 3. The van der Waals surface area contributed by atoms with E-state index in [4.69, 9.17) is 9.72 Å². The third-order valence-corrected chi connectivity index (χ3v) is 6.23. The number of anilines is 1. The second-order valence-electron chi connectivity index (χ2n) is 8.59. The van der Waals surface area contributed by atoms with Gasteiger partial charge in [-0.05, 0) is 56.1 Å². The van der Waals surface area contributed by atoms with Crippen molar-refractivity contribution in [1.82, 2.24) is 14.5 Å². The molecule has 1 aromatic heterocycles. The lowest BCUT2D eigenvalue weighted by atomic mass is 9.98. The standard InChI is InChI=1S/C25H28N4O2/c1-17-12-18(14-29-10-4-3-5-11-29)6-8-20(17)24-25(28(2)16-26-24)19-7-9-21-22(13-19)31-15-23(30)27-21/h6-9,12-13,16H,3-5,10-11,14-15H2,1-2H3,(H,27,30). The fourth-order valence-electron chi connectivity index (χ4n) is 4.66. The number of aryl methyl sites for hydroxylation is 2. The van der Waals surface area contributed by atoms with Crippen LogP contribution in [0.1, 0.15) is 30.4 Å². The molecule has 2 aromatic carbocycles. The molecule has 2 aliphatic heterocycles. The van der Waals surface area contributed by atoms with Crippen LogP contribution < -0.4 is 10.1 Å². The van der Waals surface area contributed by atoms with Gasteiger partial charge in [0.25, 0.3) is 5.91 Å². The second-order valence-corrected chi connectivity index (χ2v) is 8.59. The first-order chi connectivity index (χ1) is 15.1. The highest BCUT2D eigenvalue weighted by Gasteiger charge is 2.20. The fourth-order valence-corrected chi connectivity index (χ4v) is 4.66. The van der Waals surface area contributed by atoms with E-state index in [9.17, 15) is 4.79 Å². The molecule has 1 fully saturated rings. The van der Waals surface area contributed by atoms with E-state index in [2.05, 4.69) is 35.3 Å². The lowest BCUT2D eigenvalue weighted by molar-refractivity contribution is -0.118. The number of nitrogens with one attached hydrogen (secondary N) is 1. The molecule has 0 atom stereocenters. The molecule has 5 rings (SSSR count). The zero-order valence-corrected chi connectivity index (χ0v) is 18.1. The number of benzene rings is 2. The summed E-state index contributed by atoms with van der Waals surface area (Å²) in [5, 5.41) is 2.85. The van der Waals surface area contributed by atoms with Crippen LogP contribution in [0.15, 0.2) is 42.7 Å². The highest BCUT2D eigenvalue weighted by atomic mass is 16.5. The number of hydrogen-bond donors (Lipinski definition) is 1. The average molecular weight is 417 g/mol. The second kappa shape index (κ2) is 8.19. The summed E-state index contributed by atoms with van der Waals surface area (Å²) in [6, 6.07) is 12.6. The largest absolute Gasteiger partial charge is 0.482 e. The summed E-state index contributed by atoms with van der Waals surface area (Å²) in [5.41, 5.74) is 7.46. The van der Waals surface area contributed by atoms with Gasteiger partial charge in [0.05, 0.1) is 23.4 Å². The van der Waals surface area contributed by atoms with Gasteiger partial charge in [-0.2, -0.15) is 0 Å². The van der Waals surface area contributed by atoms with Crippen LogP contribution in [-0.4, -0.2) is 40.1 Å². The van der Waals surface area contributed by atoms with Gasteiger partial charge in [-0.1, -0.05) is 30.7 Å². The van der Waals surface area contributed by atoms with Crippen LogP contribution >= 0.6 is 0 Å². The lowest BCUT2D eigenvalue weighted by Gasteiger charge is -2.26. The van der Waals surface area contributed by atoms with Crippen molar-refractivity contribution < 1.29 is 9.53 Å². The van der Waals surface area contributed by atoms with Gasteiger partial charge in [0.15, 0.2) is 6.61 Å². The van der Waals surface area contributed by atoms with Crippen molar-refractivity contribution in [1.29, 1.82) is 0 Å². The summed E-state index contributed by atoms with van der Waals surface area (Å²) in [6.45, 7) is 5.63. The van der Waals surface area contributed by atoms with Crippen LogP contribution in [0.2, 0.25) is 0 Å². The minimum atomic E-state index is -0.123. The topological polar surface area (TPSA) is 59.4 Å². The Balaban J connectivity index is 1.46. The number of ether oxygens (including phenoxy) is 1. The Bertz CT molecular complexity index is 1130. The molecule has 3 aromatic rings. The third-order valence-electron chi connectivity index (χ3n) is 6.23. The molecule has 0 spiro atoms. The van der Waals surface area contributed by atoms with Gasteiger partial charge in [-0.15, -0.1) is 0 Å². The highest BCUT2D eigenvalue weighted by molar-refractivity contribution is 5.96. The quantitative estimate of drug-likeness (QED) is 0.686. The Kier molecular flexibility index (Phi) is 5.24. The number of rotatable bonds is 4. The average Bonchev–Trinajstić information content (AvgIpc) is 3.15. The van der Waals surface area contributed by atoms with Gasteiger partial charge < -0.3 is 14.6 Å². The van der Waals surface area contributed by atoms with Crippen molar-refractivity contribution >= 4 is 11.6 Å². The number of aromatic nitrogens is 2. The van der Waals surface area contributed by atoms with E-state index >= 15 is 0 Å². The minimum absolute atomic E-state index is 0.0479. The summed E-state index contributed by atoms with van der Waals surface area (Å²) in [7, 11) is 2.01. The molecule has 31 heavy (non-hydrogen) atoms. The molecular formula is C25H28N4O2.